The molecule has 5 heteroatoms. The second-order valence-corrected chi connectivity index (χ2v) is 12.3. The molecule has 0 bridgehead atoms. The van der Waals surface area contributed by atoms with Crippen molar-refractivity contribution in [2.75, 3.05) is 0 Å². The number of halogens is 2. The van der Waals surface area contributed by atoms with Crippen LogP contribution in [0.4, 0.5) is 0 Å². The SMILES string of the molecule is CCC1=C(C)/C(=C(\C)c2c(C)c(CC)c(C)n2B(C#Cc2ccc(I)cc2)C#Cc2ccc(I)cc2)N=C1C. The van der Waals surface area contributed by atoms with Crippen LogP contribution >= 0.6 is 45.2 Å². The van der Waals surface area contributed by atoms with Gasteiger partial charge in [0.1, 0.15) is 0 Å². The number of hydrogen-bond acceptors (Lipinski definition) is 1. The molecular formula is C34H33BI2N2. The lowest BCUT2D eigenvalue weighted by atomic mass is 9.62. The van der Waals surface area contributed by atoms with Gasteiger partial charge in [-0.3, -0.25) is 4.99 Å². The zero-order chi connectivity index (χ0) is 28.3. The smallest absolute Gasteiger partial charge is 0.366 e. The van der Waals surface area contributed by atoms with E-state index in [0.717, 1.165) is 35.4 Å². The Kier molecular flexibility index (Phi) is 9.67. The van der Waals surface area contributed by atoms with Crippen molar-refractivity contribution in [3.8, 4) is 23.5 Å². The summed E-state index contributed by atoms with van der Waals surface area (Å²) < 4.78 is 4.76. The summed E-state index contributed by atoms with van der Waals surface area (Å²) in [6.45, 7) is 15.1. The van der Waals surface area contributed by atoms with Gasteiger partial charge in [0, 0.05) is 35.4 Å². The zero-order valence-electron chi connectivity index (χ0n) is 23.8. The van der Waals surface area contributed by atoms with Crippen molar-refractivity contribution < 1.29 is 0 Å². The van der Waals surface area contributed by atoms with Gasteiger partial charge >= 0.3 is 6.85 Å². The molecule has 2 heterocycles. The number of allylic oxidation sites excluding steroid dienone is 3. The standard InChI is InChI=1S/C34H33BI2N2/c1-8-31-22(3)33(38-25(31)6)24(5)34-23(4)32(9-2)26(7)39(34)35(20-18-27-10-14-29(36)15-11-27)21-19-28-12-16-30(37)17-13-28/h10-17H,8-9H2,1-7H3/b33-24-. The highest BCUT2D eigenvalue weighted by atomic mass is 127. The van der Waals surface area contributed by atoms with Crippen LogP contribution in [0, 0.1) is 44.5 Å². The van der Waals surface area contributed by atoms with Gasteiger partial charge in [-0.15, -0.1) is 11.6 Å². The van der Waals surface area contributed by atoms with E-state index in [2.05, 4.69) is 170 Å². The van der Waals surface area contributed by atoms with E-state index in [-0.39, 0.29) is 6.85 Å². The van der Waals surface area contributed by atoms with E-state index in [1.165, 1.54) is 46.4 Å². The molecule has 1 aliphatic heterocycles. The largest absolute Gasteiger partial charge is 0.434 e. The summed E-state index contributed by atoms with van der Waals surface area (Å²) in [7, 11) is 0. The maximum Gasteiger partial charge on any atom is 0.434 e. The molecule has 0 amide bonds. The van der Waals surface area contributed by atoms with Gasteiger partial charge in [0.05, 0.1) is 5.70 Å². The molecule has 0 radical (unpaired) electrons. The molecule has 1 aliphatic rings. The molecule has 4 rings (SSSR count). The maximum absolute atomic E-state index is 5.04. The number of benzene rings is 2. The van der Waals surface area contributed by atoms with Crippen LogP contribution in [0.2, 0.25) is 0 Å². The molecule has 0 saturated carbocycles. The van der Waals surface area contributed by atoms with Crippen LogP contribution in [0.3, 0.4) is 0 Å². The average Bonchev–Trinajstić information content (AvgIpc) is 3.35. The lowest BCUT2D eigenvalue weighted by Crippen LogP contribution is -2.25. The third-order valence-corrected chi connectivity index (χ3v) is 8.88. The van der Waals surface area contributed by atoms with Crippen LogP contribution in [-0.2, 0) is 6.42 Å². The van der Waals surface area contributed by atoms with Gasteiger partial charge in [-0.25, -0.2) is 0 Å². The molecule has 0 saturated heterocycles. The Morgan fingerprint density at radius 2 is 1.33 bits per heavy atom. The number of aromatic nitrogens is 1. The predicted octanol–water partition coefficient (Wildman–Crippen LogP) is 8.83. The fourth-order valence-electron chi connectivity index (χ4n) is 5.48. The first kappa shape index (κ1) is 29.5. The van der Waals surface area contributed by atoms with E-state index in [1.54, 1.807) is 0 Å². The Balaban J connectivity index is 1.96. The number of nitrogens with zero attached hydrogens (tertiary/aromatic N) is 2. The van der Waals surface area contributed by atoms with Crippen molar-refractivity contribution in [3.05, 3.63) is 106 Å². The van der Waals surface area contributed by atoms with Crippen LogP contribution < -0.4 is 0 Å². The van der Waals surface area contributed by atoms with Gasteiger partial charge in [-0.2, -0.15) is 0 Å². The number of aliphatic imine (C=N–C) groups is 1. The van der Waals surface area contributed by atoms with E-state index in [0.29, 0.717) is 0 Å². The van der Waals surface area contributed by atoms with Crippen molar-refractivity contribution >= 4 is 63.3 Å². The average molecular weight is 734 g/mol. The van der Waals surface area contributed by atoms with Gasteiger partial charge in [0.25, 0.3) is 0 Å². The third kappa shape index (κ3) is 6.31. The van der Waals surface area contributed by atoms with Crippen molar-refractivity contribution in [2.45, 2.75) is 61.3 Å². The van der Waals surface area contributed by atoms with Crippen molar-refractivity contribution in [3.63, 3.8) is 0 Å². The number of rotatable bonds is 4. The molecule has 2 aromatic carbocycles. The zero-order valence-corrected chi connectivity index (χ0v) is 28.1. The second kappa shape index (κ2) is 12.8. The van der Waals surface area contributed by atoms with Crippen molar-refractivity contribution in [1.82, 2.24) is 4.48 Å². The Bertz CT molecular complexity index is 1560. The predicted molar refractivity (Wildman–Crippen MR) is 185 cm³/mol. The molecule has 0 spiro atoms. The summed E-state index contributed by atoms with van der Waals surface area (Å²) in [4.78, 5) is 5.04. The molecule has 3 aromatic rings. The van der Waals surface area contributed by atoms with E-state index < -0.39 is 0 Å². The third-order valence-electron chi connectivity index (χ3n) is 7.44. The minimum absolute atomic E-state index is 0.311. The highest BCUT2D eigenvalue weighted by molar-refractivity contribution is 14.1. The minimum atomic E-state index is -0.311. The lowest BCUT2D eigenvalue weighted by molar-refractivity contribution is 1.04. The highest BCUT2D eigenvalue weighted by Gasteiger charge is 2.27. The Morgan fingerprint density at radius 3 is 1.77 bits per heavy atom. The molecule has 2 nitrogen and oxygen atoms in total. The fourth-order valence-corrected chi connectivity index (χ4v) is 6.20. The van der Waals surface area contributed by atoms with E-state index in [4.69, 9.17) is 4.99 Å². The molecule has 0 aliphatic carbocycles. The monoisotopic (exact) mass is 734 g/mol. The first-order chi connectivity index (χ1) is 18.7. The van der Waals surface area contributed by atoms with Gasteiger partial charge in [-0.1, -0.05) is 25.7 Å². The molecular weight excluding hydrogens is 701 g/mol. The van der Waals surface area contributed by atoms with Gasteiger partial charge < -0.3 is 4.48 Å². The summed E-state index contributed by atoms with van der Waals surface area (Å²) in [5, 5.41) is 0. The molecule has 1 aromatic heterocycles. The van der Waals surface area contributed by atoms with Crippen LogP contribution in [0.25, 0.3) is 5.57 Å². The second-order valence-electron chi connectivity index (χ2n) is 9.84. The Hall–Kier alpha value is -2.49. The van der Waals surface area contributed by atoms with Gasteiger partial charge in [0.15, 0.2) is 0 Å². The van der Waals surface area contributed by atoms with Crippen molar-refractivity contribution in [1.29, 1.82) is 0 Å². The summed E-state index contributed by atoms with van der Waals surface area (Å²) in [5.74, 6) is 14.0. The molecule has 39 heavy (non-hydrogen) atoms. The van der Waals surface area contributed by atoms with Crippen molar-refractivity contribution in [2.24, 2.45) is 4.99 Å². The van der Waals surface area contributed by atoms with Gasteiger partial charge in [-0.05, 0) is 169 Å². The minimum Gasteiger partial charge on any atom is -0.366 e. The summed E-state index contributed by atoms with van der Waals surface area (Å²) in [6.07, 6.45) is 1.95. The summed E-state index contributed by atoms with van der Waals surface area (Å²) >= 11 is 4.65. The fraction of sp³-hybridized carbons (Fsp3) is 0.265. The molecule has 0 unspecified atom stereocenters. The quantitative estimate of drug-likeness (QED) is 0.145. The van der Waals surface area contributed by atoms with Crippen LogP contribution in [0.5, 0.6) is 0 Å². The van der Waals surface area contributed by atoms with E-state index in [9.17, 15) is 0 Å². The van der Waals surface area contributed by atoms with Crippen LogP contribution in [0.15, 0.2) is 70.4 Å². The van der Waals surface area contributed by atoms with E-state index in [1.807, 2.05) is 0 Å². The topological polar surface area (TPSA) is 17.3 Å². The van der Waals surface area contributed by atoms with E-state index >= 15 is 0 Å². The molecule has 0 fully saturated rings. The first-order valence-corrected chi connectivity index (χ1v) is 15.5. The molecule has 0 N–H and O–H groups in total. The number of hydrogen-bond donors (Lipinski definition) is 0. The normalized spacial score (nSPS) is 13.9. The highest BCUT2D eigenvalue weighted by Crippen LogP contribution is 2.36. The molecule has 196 valence electrons. The summed E-state index contributed by atoms with van der Waals surface area (Å²) in [5.41, 5.74) is 13.1. The first-order valence-electron chi connectivity index (χ1n) is 13.4. The Morgan fingerprint density at radius 1 is 0.821 bits per heavy atom. The lowest BCUT2D eigenvalue weighted by Gasteiger charge is -2.15. The van der Waals surface area contributed by atoms with Crippen LogP contribution in [-0.4, -0.2) is 17.0 Å². The molecule has 0 atom stereocenters. The summed E-state index contributed by atoms with van der Waals surface area (Å²) in [6, 6.07) is 16.7. The van der Waals surface area contributed by atoms with Gasteiger partial charge in [0.2, 0.25) is 0 Å². The Labute approximate surface area is 261 Å². The van der Waals surface area contributed by atoms with Crippen LogP contribution in [0.1, 0.15) is 74.7 Å². The maximum atomic E-state index is 5.04.